The SMILES string of the molecule is C=C(C)CN(C)CCCI. The summed E-state index contributed by atoms with van der Waals surface area (Å²) in [4.78, 5) is 2.31. The summed E-state index contributed by atoms with van der Waals surface area (Å²) in [5.41, 5.74) is 1.25. The summed E-state index contributed by atoms with van der Waals surface area (Å²) in [5.74, 6) is 0. The lowest BCUT2D eigenvalue weighted by Gasteiger charge is -2.14. The van der Waals surface area contributed by atoms with Gasteiger partial charge in [-0.3, -0.25) is 0 Å². The molecule has 0 fully saturated rings. The summed E-state index contributed by atoms with van der Waals surface area (Å²) >= 11 is 2.41. The van der Waals surface area contributed by atoms with Crippen LogP contribution in [0.15, 0.2) is 12.2 Å². The maximum Gasteiger partial charge on any atom is 0.0184 e. The van der Waals surface area contributed by atoms with Gasteiger partial charge in [0.25, 0.3) is 0 Å². The van der Waals surface area contributed by atoms with E-state index in [9.17, 15) is 0 Å². The van der Waals surface area contributed by atoms with Gasteiger partial charge in [-0.15, -0.1) is 0 Å². The summed E-state index contributed by atoms with van der Waals surface area (Å²) in [6.45, 7) is 8.16. The molecule has 0 unspecified atom stereocenters. The number of nitrogens with zero attached hydrogens (tertiary/aromatic N) is 1. The van der Waals surface area contributed by atoms with E-state index in [0.717, 1.165) is 6.54 Å². The predicted molar refractivity (Wildman–Crippen MR) is 55.8 cm³/mol. The van der Waals surface area contributed by atoms with Gasteiger partial charge in [0.1, 0.15) is 0 Å². The van der Waals surface area contributed by atoms with Crippen molar-refractivity contribution in [2.45, 2.75) is 13.3 Å². The standard InChI is InChI=1S/C8H16IN/c1-8(2)7-10(3)6-4-5-9/h1,4-7H2,2-3H3. The van der Waals surface area contributed by atoms with E-state index in [1.54, 1.807) is 0 Å². The second-order valence-electron chi connectivity index (χ2n) is 2.74. The molecule has 60 valence electrons. The highest BCUT2D eigenvalue weighted by molar-refractivity contribution is 14.1. The Kier molecular flexibility index (Phi) is 6.43. The molecule has 10 heavy (non-hydrogen) atoms. The first-order valence-corrected chi connectivity index (χ1v) is 5.08. The van der Waals surface area contributed by atoms with Crippen LogP contribution in [0.25, 0.3) is 0 Å². The van der Waals surface area contributed by atoms with E-state index in [0.29, 0.717) is 0 Å². The fourth-order valence-corrected chi connectivity index (χ4v) is 1.21. The van der Waals surface area contributed by atoms with Crippen molar-refractivity contribution >= 4 is 22.6 Å². The Bertz CT molecular complexity index is 101. The molecule has 0 aliphatic heterocycles. The van der Waals surface area contributed by atoms with Crippen molar-refractivity contribution in [1.82, 2.24) is 4.90 Å². The Hall–Kier alpha value is 0.430. The average molecular weight is 253 g/mol. The molecule has 0 atom stereocenters. The van der Waals surface area contributed by atoms with Gasteiger partial charge in [-0.1, -0.05) is 34.7 Å². The van der Waals surface area contributed by atoms with Gasteiger partial charge in [0.05, 0.1) is 0 Å². The van der Waals surface area contributed by atoms with Crippen LogP contribution in [0.5, 0.6) is 0 Å². The zero-order valence-corrected chi connectivity index (χ0v) is 9.02. The van der Waals surface area contributed by atoms with Crippen molar-refractivity contribution in [2.75, 3.05) is 24.6 Å². The van der Waals surface area contributed by atoms with Crippen LogP contribution < -0.4 is 0 Å². The van der Waals surface area contributed by atoms with E-state index in [2.05, 4.69) is 48.0 Å². The second kappa shape index (κ2) is 6.16. The topological polar surface area (TPSA) is 3.24 Å². The molecule has 0 N–H and O–H groups in total. The van der Waals surface area contributed by atoms with Gasteiger partial charge in [-0.25, -0.2) is 0 Å². The summed E-state index contributed by atoms with van der Waals surface area (Å²) in [6, 6.07) is 0. The minimum absolute atomic E-state index is 1.04. The predicted octanol–water partition coefficient (Wildman–Crippen LogP) is 2.32. The Labute approximate surface area is 77.6 Å². The van der Waals surface area contributed by atoms with Crippen molar-refractivity contribution in [3.63, 3.8) is 0 Å². The lowest BCUT2D eigenvalue weighted by atomic mass is 10.3. The summed E-state index contributed by atoms with van der Waals surface area (Å²) < 4.78 is 1.25. The molecule has 0 aromatic heterocycles. The molecule has 0 aromatic carbocycles. The van der Waals surface area contributed by atoms with E-state index in [1.165, 1.54) is 23.0 Å². The van der Waals surface area contributed by atoms with Crippen molar-refractivity contribution in [1.29, 1.82) is 0 Å². The molecule has 1 nitrogen and oxygen atoms in total. The first-order valence-electron chi connectivity index (χ1n) is 3.55. The molecule has 0 aromatic rings. The van der Waals surface area contributed by atoms with Gasteiger partial charge in [-0.05, 0) is 26.9 Å². The number of rotatable bonds is 5. The van der Waals surface area contributed by atoms with Crippen LogP contribution in [0.1, 0.15) is 13.3 Å². The van der Waals surface area contributed by atoms with Crippen molar-refractivity contribution < 1.29 is 0 Å². The van der Waals surface area contributed by atoms with Gasteiger partial charge < -0.3 is 4.90 Å². The maximum absolute atomic E-state index is 3.86. The van der Waals surface area contributed by atoms with Crippen molar-refractivity contribution in [2.24, 2.45) is 0 Å². The molecule has 0 aliphatic carbocycles. The van der Waals surface area contributed by atoms with E-state index >= 15 is 0 Å². The third-order valence-electron chi connectivity index (χ3n) is 1.21. The van der Waals surface area contributed by atoms with Crippen LogP contribution in [0, 0.1) is 0 Å². The Morgan fingerprint density at radius 2 is 2.20 bits per heavy atom. The molecular formula is C8H16IN. The minimum Gasteiger partial charge on any atom is -0.302 e. The van der Waals surface area contributed by atoms with Gasteiger partial charge in [0, 0.05) is 11.0 Å². The zero-order valence-electron chi connectivity index (χ0n) is 6.86. The third-order valence-corrected chi connectivity index (χ3v) is 1.98. The summed E-state index contributed by atoms with van der Waals surface area (Å²) in [7, 11) is 2.14. The number of likely N-dealkylation sites (N-methyl/N-ethyl adjacent to an activating group) is 1. The second-order valence-corrected chi connectivity index (χ2v) is 3.82. The average Bonchev–Trinajstić information content (AvgIpc) is 1.82. The quantitative estimate of drug-likeness (QED) is 0.413. The minimum atomic E-state index is 1.04. The van der Waals surface area contributed by atoms with Gasteiger partial charge in [0.15, 0.2) is 0 Å². The molecule has 0 radical (unpaired) electrons. The molecular weight excluding hydrogens is 237 g/mol. The summed E-state index contributed by atoms with van der Waals surface area (Å²) in [5, 5.41) is 0. The highest BCUT2D eigenvalue weighted by Crippen LogP contribution is 1.95. The summed E-state index contributed by atoms with van der Waals surface area (Å²) in [6.07, 6.45) is 1.28. The van der Waals surface area contributed by atoms with Crippen LogP contribution in [0.2, 0.25) is 0 Å². The lowest BCUT2D eigenvalue weighted by molar-refractivity contribution is 0.365. The maximum atomic E-state index is 3.86. The van der Waals surface area contributed by atoms with E-state index in [1.807, 2.05) is 0 Å². The molecule has 0 spiro atoms. The fourth-order valence-electron chi connectivity index (χ4n) is 0.870. The monoisotopic (exact) mass is 253 g/mol. The van der Waals surface area contributed by atoms with E-state index < -0.39 is 0 Å². The first kappa shape index (κ1) is 10.4. The largest absolute Gasteiger partial charge is 0.302 e. The molecule has 0 saturated carbocycles. The number of halogens is 1. The number of hydrogen-bond acceptors (Lipinski definition) is 1. The van der Waals surface area contributed by atoms with Crippen LogP contribution in [0.3, 0.4) is 0 Å². The van der Waals surface area contributed by atoms with Crippen LogP contribution in [-0.4, -0.2) is 29.5 Å². The smallest absolute Gasteiger partial charge is 0.0184 e. The van der Waals surface area contributed by atoms with Crippen LogP contribution >= 0.6 is 22.6 Å². The molecule has 0 saturated heterocycles. The number of alkyl halides is 1. The Morgan fingerprint density at radius 1 is 1.60 bits per heavy atom. The number of hydrogen-bond donors (Lipinski definition) is 0. The third kappa shape index (κ3) is 6.55. The first-order chi connectivity index (χ1) is 4.66. The van der Waals surface area contributed by atoms with Gasteiger partial charge in [0.2, 0.25) is 0 Å². The highest BCUT2D eigenvalue weighted by atomic mass is 127. The Morgan fingerprint density at radius 3 is 2.60 bits per heavy atom. The van der Waals surface area contributed by atoms with Crippen molar-refractivity contribution in [3.05, 3.63) is 12.2 Å². The van der Waals surface area contributed by atoms with Gasteiger partial charge in [-0.2, -0.15) is 0 Å². The van der Waals surface area contributed by atoms with Crippen LogP contribution in [-0.2, 0) is 0 Å². The van der Waals surface area contributed by atoms with Crippen LogP contribution in [0.4, 0.5) is 0 Å². The molecule has 0 aliphatic rings. The Balaban J connectivity index is 3.25. The lowest BCUT2D eigenvalue weighted by Crippen LogP contribution is -2.21. The molecule has 0 heterocycles. The molecule has 0 amide bonds. The van der Waals surface area contributed by atoms with E-state index in [-0.39, 0.29) is 0 Å². The molecule has 0 bridgehead atoms. The van der Waals surface area contributed by atoms with Crippen molar-refractivity contribution in [3.8, 4) is 0 Å². The molecule has 0 rings (SSSR count). The molecule has 2 heteroatoms. The van der Waals surface area contributed by atoms with E-state index in [4.69, 9.17) is 0 Å². The fraction of sp³-hybridized carbons (Fsp3) is 0.750. The zero-order chi connectivity index (χ0) is 7.98. The van der Waals surface area contributed by atoms with Gasteiger partial charge >= 0.3 is 0 Å². The highest BCUT2D eigenvalue weighted by Gasteiger charge is 1.95. The normalized spacial score (nSPS) is 10.4.